The molecule has 2 amide bonds. The number of nitrogens with one attached hydrogen (secondary N) is 1. The molecular formula is C13H18ClN3O2. The first-order chi connectivity index (χ1) is 9.29. The van der Waals surface area contributed by atoms with Crippen LogP contribution in [0.25, 0.3) is 0 Å². The zero-order valence-corrected chi connectivity index (χ0v) is 11.5. The van der Waals surface area contributed by atoms with Crippen molar-refractivity contribution in [3.05, 3.63) is 24.5 Å². The molecule has 2 rings (SSSR count). The highest BCUT2D eigenvalue weighted by molar-refractivity contribution is 6.18. The van der Waals surface area contributed by atoms with Crippen molar-refractivity contribution in [2.75, 3.05) is 25.5 Å². The van der Waals surface area contributed by atoms with Crippen molar-refractivity contribution in [2.24, 2.45) is 0 Å². The summed E-state index contributed by atoms with van der Waals surface area (Å²) in [7, 11) is 0. The van der Waals surface area contributed by atoms with Gasteiger partial charge in [-0.1, -0.05) is 0 Å². The normalized spacial score (nSPS) is 19.0. The first kappa shape index (κ1) is 13.9. The number of carbonyl (C=O) groups is 1. The van der Waals surface area contributed by atoms with E-state index in [1.165, 1.54) is 0 Å². The zero-order chi connectivity index (χ0) is 13.5. The fourth-order valence-electron chi connectivity index (χ4n) is 2.09. The van der Waals surface area contributed by atoms with Crippen LogP contribution < -0.4 is 10.1 Å². The standard InChI is InChI=1S/C13H18ClN3O2/c14-5-8-16-13(18)17-9-1-2-12(10-17)19-11-3-6-15-7-4-11/h3-4,6-7,12H,1-2,5,8-10H2,(H,16,18). The molecule has 1 aromatic heterocycles. The Morgan fingerprint density at radius 2 is 2.32 bits per heavy atom. The Bertz CT molecular complexity index is 402. The van der Waals surface area contributed by atoms with Crippen LogP contribution >= 0.6 is 11.6 Å². The molecule has 19 heavy (non-hydrogen) atoms. The number of pyridine rings is 1. The molecule has 1 atom stereocenters. The Morgan fingerprint density at radius 3 is 3.05 bits per heavy atom. The lowest BCUT2D eigenvalue weighted by molar-refractivity contribution is 0.101. The van der Waals surface area contributed by atoms with Crippen LogP contribution in [0.3, 0.4) is 0 Å². The van der Waals surface area contributed by atoms with Crippen LogP contribution in [0.2, 0.25) is 0 Å². The molecule has 1 aliphatic rings. The summed E-state index contributed by atoms with van der Waals surface area (Å²) >= 11 is 5.56. The van der Waals surface area contributed by atoms with Crippen molar-refractivity contribution < 1.29 is 9.53 Å². The number of piperidine rings is 1. The van der Waals surface area contributed by atoms with E-state index >= 15 is 0 Å². The second-order valence-electron chi connectivity index (χ2n) is 4.43. The molecule has 1 aliphatic heterocycles. The summed E-state index contributed by atoms with van der Waals surface area (Å²) < 4.78 is 5.85. The maximum Gasteiger partial charge on any atom is 0.317 e. The predicted molar refractivity (Wildman–Crippen MR) is 73.6 cm³/mol. The van der Waals surface area contributed by atoms with Gasteiger partial charge in [0, 0.05) is 31.4 Å². The lowest BCUT2D eigenvalue weighted by Gasteiger charge is -2.32. The quantitative estimate of drug-likeness (QED) is 0.859. The lowest BCUT2D eigenvalue weighted by Crippen LogP contribution is -2.48. The number of halogens is 1. The number of ether oxygens (including phenoxy) is 1. The van der Waals surface area contributed by atoms with Crippen LogP contribution in [-0.2, 0) is 0 Å². The molecular weight excluding hydrogens is 266 g/mol. The number of alkyl halides is 1. The van der Waals surface area contributed by atoms with Gasteiger partial charge in [-0.05, 0) is 25.0 Å². The molecule has 2 heterocycles. The van der Waals surface area contributed by atoms with Gasteiger partial charge in [-0.3, -0.25) is 4.98 Å². The number of nitrogens with zero attached hydrogens (tertiary/aromatic N) is 2. The maximum absolute atomic E-state index is 11.8. The third kappa shape index (κ3) is 4.28. The van der Waals surface area contributed by atoms with Crippen molar-refractivity contribution in [2.45, 2.75) is 18.9 Å². The van der Waals surface area contributed by atoms with E-state index in [-0.39, 0.29) is 12.1 Å². The Labute approximate surface area is 117 Å². The van der Waals surface area contributed by atoms with Crippen molar-refractivity contribution in [3.63, 3.8) is 0 Å². The van der Waals surface area contributed by atoms with Gasteiger partial charge in [0.15, 0.2) is 0 Å². The van der Waals surface area contributed by atoms with Gasteiger partial charge in [0.25, 0.3) is 0 Å². The first-order valence-electron chi connectivity index (χ1n) is 6.45. The first-order valence-corrected chi connectivity index (χ1v) is 6.98. The Kier molecular flexibility index (Phi) is 5.27. The Balaban J connectivity index is 1.85. The molecule has 0 radical (unpaired) electrons. The molecule has 5 nitrogen and oxygen atoms in total. The number of hydrogen-bond acceptors (Lipinski definition) is 3. The average Bonchev–Trinajstić information content (AvgIpc) is 2.46. The number of hydrogen-bond donors (Lipinski definition) is 1. The summed E-state index contributed by atoms with van der Waals surface area (Å²) in [6.07, 6.45) is 5.34. The van der Waals surface area contributed by atoms with E-state index in [4.69, 9.17) is 16.3 Å². The third-order valence-electron chi connectivity index (χ3n) is 2.99. The number of aromatic nitrogens is 1. The molecule has 0 aliphatic carbocycles. The maximum atomic E-state index is 11.8. The molecule has 1 fully saturated rings. The monoisotopic (exact) mass is 283 g/mol. The van der Waals surface area contributed by atoms with Crippen molar-refractivity contribution in [1.29, 1.82) is 0 Å². The van der Waals surface area contributed by atoms with Crippen LogP contribution in [0.15, 0.2) is 24.5 Å². The van der Waals surface area contributed by atoms with Crippen molar-refractivity contribution >= 4 is 17.6 Å². The molecule has 1 saturated heterocycles. The molecule has 0 aromatic carbocycles. The third-order valence-corrected chi connectivity index (χ3v) is 3.18. The van der Waals surface area contributed by atoms with Crippen LogP contribution in [0, 0.1) is 0 Å². The molecule has 104 valence electrons. The average molecular weight is 284 g/mol. The van der Waals surface area contributed by atoms with Crippen LogP contribution in [-0.4, -0.2) is 47.5 Å². The van der Waals surface area contributed by atoms with E-state index in [2.05, 4.69) is 10.3 Å². The molecule has 1 aromatic rings. The highest BCUT2D eigenvalue weighted by atomic mass is 35.5. The van der Waals surface area contributed by atoms with Crippen molar-refractivity contribution in [3.8, 4) is 5.75 Å². The smallest absolute Gasteiger partial charge is 0.317 e. The van der Waals surface area contributed by atoms with E-state index in [0.717, 1.165) is 25.1 Å². The fraction of sp³-hybridized carbons (Fsp3) is 0.538. The highest BCUT2D eigenvalue weighted by Gasteiger charge is 2.24. The summed E-state index contributed by atoms with van der Waals surface area (Å²) in [6.45, 7) is 1.87. The number of likely N-dealkylation sites (tertiary alicyclic amines) is 1. The number of rotatable bonds is 4. The van der Waals surface area contributed by atoms with Gasteiger partial charge >= 0.3 is 6.03 Å². The SMILES string of the molecule is O=C(NCCCl)N1CCCC(Oc2ccncc2)C1. The van der Waals surface area contributed by atoms with E-state index in [0.29, 0.717) is 19.0 Å². The van der Waals surface area contributed by atoms with Gasteiger partial charge in [-0.15, -0.1) is 11.6 Å². The molecule has 0 spiro atoms. The number of urea groups is 1. The largest absolute Gasteiger partial charge is 0.488 e. The van der Waals surface area contributed by atoms with Crippen molar-refractivity contribution in [1.82, 2.24) is 15.2 Å². The number of carbonyl (C=O) groups excluding carboxylic acids is 1. The van der Waals surface area contributed by atoms with Crippen LogP contribution in [0.4, 0.5) is 4.79 Å². The van der Waals surface area contributed by atoms with Gasteiger partial charge in [0.05, 0.1) is 6.54 Å². The van der Waals surface area contributed by atoms with E-state index in [1.54, 1.807) is 17.3 Å². The minimum Gasteiger partial charge on any atom is -0.488 e. The van der Waals surface area contributed by atoms with Gasteiger partial charge < -0.3 is 15.0 Å². The van der Waals surface area contributed by atoms with E-state index in [9.17, 15) is 4.79 Å². The highest BCUT2D eigenvalue weighted by Crippen LogP contribution is 2.17. The molecule has 0 saturated carbocycles. The minimum atomic E-state index is -0.0660. The molecule has 0 bridgehead atoms. The summed E-state index contributed by atoms with van der Waals surface area (Å²) in [4.78, 5) is 17.6. The molecule has 1 unspecified atom stereocenters. The summed E-state index contributed by atoms with van der Waals surface area (Å²) in [5.41, 5.74) is 0. The molecule has 1 N–H and O–H groups in total. The summed E-state index contributed by atoms with van der Waals surface area (Å²) in [5.74, 6) is 1.22. The minimum absolute atomic E-state index is 0.0397. The second kappa shape index (κ2) is 7.19. The van der Waals surface area contributed by atoms with E-state index < -0.39 is 0 Å². The van der Waals surface area contributed by atoms with E-state index in [1.807, 2.05) is 12.1 Å². The summed E-state index contributed by atoms with van der Waals surface area (Å²) in [6, 6.07) is 3.59. The van der Waals surface area contributed by atoms with Gasteiger partial charge in [-0.25, -0.2) is 4.79 Å². The molecule has 6 heteroatoms. The van der Waals surface area contributed by atoms with Crippen LogP contribution in [0.1, 0.15) is 12.8 Å². The van der Waals surface area contributed by atoms with Gasteiger partial charge in [0.2, 0.25) is 0 Å². The summed E-state index contributed by atoms with van der Waals surface area (Å²) in [5, 5.41) is 2.78. The Morgan fingerprint density at radius 1 is 1.53 bits per heavy atom. The zero-order valence-electron chi connectivity index (χ0n) is 10.7. The topological polar surface area (TPSA) is 54.5 Å². The lowest BCUT2D eigenvalue weighted by atomic mass is 10.1. The van der Waals surface area contributed by atoms with Crippen LogP contribution in [0.5, 0.6) is 5.75 Å². The number of amides is 2. The van der Waals surface area contributed by atoms with Gasteiger partial charge in [0.1, 0.15) is 11.9 Å². The predicted octanol–water partition coefficient (Wildman–Crippen LogP) is 1.87. The Hall–Kier alpha value is -1.49. The van der Waals surface area contributed by atoms with Gasteiger partial charge in [-0.2, -0.15) is 0 Å². The fourth-order valence-corrected chi connectivity index (χ4v) is 2.19. The second-order valence-corrected chi connectivity index (χ2v) is 4.81.